The molecule has 1 amide bonds. The number of carbonyl (C=O) groups excluding carboxylic acids is 1. The lowest BCUT2D eigenvalue weighted by Crippen LogP contribution is -2.49. The van der Waals surface area contributed by atoms with E-state index < -0.39 is 0 Å². The Bertz CT molecular complexity index is 86.5. The Morgan fingerprint density at radius 1 is 1.45 bits per heavy atom. The van der Waals surface area contributed by atoms with Crippen molar-refractivity contribution in [3.8, 4) is 0 Å². The summed E-state index contributed by atoms with van der Waals surface area (Å²) in [5.74, 6) is 0. The number of quaternary nitrogens is 1. The van der Waals surface area contributed by atoms with Crippen LogP contribution < -0.4 is 11.1 Å². The molecule has 0 bridgehead atoms. The summed E-state index contributed by atoms with van der Waals surface area (Å²) in [6.07, 6.45) is 2.16. The lowest BCUT2D eigenvalue weighted by molar-refractivity contribution is -0.367. The molecular weight excluding hydrogens is 160 g/mol. The summed E-state index contributed by atoms with van der Waals surface area (Å²) < 4.78 is 0. The maximum Gasteiger partial charge on any atom is 0.0980 e. The minimum Gasteiger partial charge on any atom is -0.719 e. The highest BCUT2D eigenvalue weighted by atomic mass is 32.1. The van der Waals surface area contributed by atoms with Gasteiger partial charge in [0, 0.05) is 6.54 Å². The standard InChI is InChI=1S/C4H9NOS.C3H9N/c1-2-3-5-4(6)7;1-2-3-4/h2-3H2,1H3,(H2,5,6,7);2-4H2,1H3. The zero-order valence-electron chi connectivity index (χ0n) is 7.35. The van der Waals surface area contributed by atoms with Gasteiger partial charge in [-0.1, -0.05) is 13.8 Å². The SMILES string of the molecule is CCCNC(=O)[S-].CCC[NH3+]. The first kappa shape index (κ1) is 13.3. The van der Waals surface area contributed by atoms with Gasteiger partial charge in [-0.05, 0) is 12.8 Å². The molecule has 0 atom stereocenters. The Morgan fingerprint density at radius 3 is 2.00 bits per heavy atom. The van der Waals surface area contributed by atoms with Crippen LogP contribution in [0, 0.1) is 0 Å². The van der Waals surface area contributed by atoms with E-state index in [-0.39, 0.29) is 5.24 Å². The number of hydrogen-bond acceptors (Lipinski definition) is 2. The second-order valence-corrected chi connectivity index (χ2v) is 2.44. The minimum atomic E-state index is -0.359. The van der Waals surface area contributed by atoms with E-state index in [1.54, 1.807) is 0 Å². The highest BCUT2D eigenvalue weighted by Gasteiger charge is 1.74. The van der Waals surface area contributed by atoms with Crippen molar-refractivity contribution in [2.45, 2.75) is 26.7 Å². The van der Waals surface area contributed by atoms with E-state index in [0.29, 0.717) is 6.54 Å². The molecule has 0 heterocycles. The second kappa shape index (κ2) is 12.3. The fraction of sp³-hybridized carbons (Fsp3) is 0.857. The Balaban J connectivity index is 0. The van der Waals surface area contributed by atoms with Gasteiger partial charge in [0.25, 0.3) is 0 Å². The normalized spacial score (nSPS) is 7.91. The monoisotopic (exact) mass is 178 g/mol. The molecular formula is C7H18N2OS. The van der Waals surface area contributed by atoms with Gasteiger partial charge in [-0.2, -0.15) is 0 Å². The topological polar surface area (TPSA) is 56.7 Å². The maximum atomic E-state index is 9.91. The number of nitrogens with one attached hydrogen (secondary N) is 1. The molecule has 68 valence electrons. The quantitative estimate of drug-likeness (QED) is 0.610. The average Bonchev–Trinajstić information content (AvgIpc) is 2.01. The molecule has 0 aromatic rings. The zero-order chi connectivity index (χ0) is 9.11. The molecule has 0 spiro atoms. The van der Waals surface area contributed by atoms with Crippen LogP contribution in [-0.4, -0.2) is 18.3 Å². The summed E-state index contributed by atoms with van der Waals surface area (Å²) in [5, 5.41) is 2.11. The predicted octanol–water partition coefficient (Wildman–Crippen LogP) is 0.291. The van der Waals surface area contributed by atoms with Crippen LogP contribution in [0.2, 0.25) is 0 Å². The highest BCUT2D eigenvalue weighted by molar-refractivity contribution is 7.76. The molecule has 0 unspecified atom stereocenters. The fourth-order valence-electron chi connectivity index (χ4n) is 0.227. The van der Waals surface area contributed by atoms with E-state index in [2.05, 4.69) is 30.6 Å². The predicted molar refractivity (Wildman–Crippen MR) is 49.1 cm³/mol. The molecule has 0 rings (SSSR count). The van der Waals surface area contributed by atoms with E-state index >= 15 is 0 Å². The van der Waals surface area contributed by atoms with Crippen molar-refractivity contribution in [3.63, 3.8) is 0 Å². The first-order valence-electron chi connectivity index (χ1n) is 3.93. The number of hydrogen-bond donors (Lipinski definition) is 2. The van der Waals surface area contributed by atoms with Gasteiger partial charge in [0.15, 0.2) is 0 Å². The zero-order valence-corrected chi connectivity index (χ0v) is 8.17. The summed E-state index contributed by atoms with van der Waals surface area (Å²) >= 11 is 4.19. The van der Waals surface area contributed by atoms with Crippen LogP contribution in [0.3, 0.4) is 0 Å². The van der Waals surface area contributed by atoms with Crippen molar-refractivity contribution in [2.24, 2.45) is 0 Å². The van der Waals surface area contributed by atoms with Crippen LogP contribution in [-0.2, 0) is 12.6 Å². The average molecular weight is 178 g/mol. The summed E-state index contributed by atoms with van der Waals surface area (Å²) in [6, 6.07) is 0. The molecule has 3 nitrogen and oxygen atoms in total. The smallest absolute Gasteiger partial charge is 0.0980 e. The number of carbonyl (C=O) groups is 1. The van der Waals surface area contributed by atoms with E-state index in [9.17, 15) is 4.79 Å². The van der Waals surface area contributed by atoms with Gasteiger partial charge in [-0.25, -0.2) is 0 Å². The Hall–Kier alpha value is -0.350. The molecule has 0 saturated heterocycles. The Labute approximate surface area is 74.1 Å². The minimum absolute atomic E-state index is 0.359. The molecule has 0 radical (unpaired) electrons. The lowest BCUT2D eigenvalue weighted by Gasteiger charge is -2.03. The van der Waals surface area contributed by atoms with Crippen LogP contribution >= 0.6 is 0 Å². The Morgan fingerprint density at radius 2 is 1.91 bits per heavy atom. The molecule has 0 aliphatic heterocycles. The molecule has 0 aromatic carbocycles. The number of amides is 1. The van der Waals surface area contributed by atoms with Gasteiger partial charge in [0.1, 0.15) is 0 Å². The molecule has 11 heavy (non-hydrogen) atoms. The summed E-state index contributed by atoms with van der Waals surface area (Å²) in [6.45, 7) is 5.86. The number of rotatable bonds is 3. The van der Waals surface area contributed by atoms with Crippen molar-refractivity contribution in [1.82, 2.24) is 5.32 Å². The van der Waals surface area contributed by atoms with Crippen LogP contribution in [0.25, 0.3) is 0 Å². The molecule has 0 aliphatic rings. The summed E-state index contributed by atoms with van der Waals surface area (Å²) in [7, 11) is 0. The third-order valence-electron chi connectivity index (χ3n) is 0.873. The van der Waals surface area contributed by atoms with E-state index in [4.69, 9.17) is 0 Å². The molecule has 0 aliphatic carbocycles. The first-order valence-corrected chi connectivity index (χ1v) is 4.33. The van der Waals surface area contributed by atoms with Gasteiger partial charge in [-0.15, -0.1) is 0 Å². The molecule has 0 fully saturated rings. The summed E-state index contributed by atoms with van der Waals surface area (Å²) in [5.41, 5.74) is 3.60. The van der Waals surface area contributed by atoms with Crippen LogP contribution in [0.15, 0.2) is 0 Å². The van der Waals surface area contributed by atoms with E-state index in [1.807, 2.05) is 6.92 Å². The van der Waals surface area contributed by atoms with Gasteiger partial charge >= 0.3 is 0 Å². The van der Waals surface area contributed by atoms with Crippen LogP contribution in [0.4, 0.5) is 4.79 Å². The van der Waals surface area contributed by atoms with E-state index in [0.717, 1.165) is 13.0 Å². The maximum absolute atomic E-state index is 9.91. The fourth-order valence-corrected chi connectivity index (χ4v) is 0.329. The third kappa shape index (κ3) is 26.1. The van der Waals surface area contributed by atoms with Gasteiger partial charge in [-0.3, -0.25) is 0 Å². The molecule has 4 heteroatoms. The molecule has 0 saturated carbocycles. The summed E-state index contributed by atoms with van der Waals surface area (Å²) in [4.78, 5) is 9.91. The molecule has 0 aromatic heterocycles. The molecule has 4 N–H and O–H groups in total. The van der Waals surface area contributed by atoms with Gasteiger partial charge < -0.3 is 28.5 Å². The highest BCUT2D eigenvalue weighted by Crippen LogP contribution is 1.68. The van der Waals surface area contributed by atoms with Crippen LogP contribution in [0.5, 0.6) is 0 Å². The van der Waals surface area contributed by atoms with E-state index in [1.165, 1.54) is 6.42 Å². The largest absolute Gasteiger partial charge is 0.719 e. The van der Waals surface area contributed by atoms with Crippen molar-refractivity contribution in [1.29, 1.82) is 0 Å². The van der Waals surface area contributed by atoms with Crippen molar-refractivity contribution >= 4 is 17.9 Å². The third-order valence-corrected chi connectivity index (χ3v) is 1.02. The Kier molecular flexibility index (Phi) is 14.9. The van der Waals surface area contributed by atoms with Crippen molar-refractivity contribution in [2.75, 3.05) is 13.1 Å². The van der Waals surface area contributed by atoms with Crippen molar-refractivity contribution < 1.29 is 10.5 Å². The second-order valence-electron chi connectivity index (χ2n) is 2.07. The van der Waals surface area contributed by atoms with Gasteiger partial charge in [0.05, 0.1) is 11.8 Å². The van der Waals surface area contributed by atoms with Gasteiger partial charge in [0.2, 0.25) is 0 Å². The van der Waals surface area contributed by atoms with Crippen LogP contribution in [0.1, 0.15) is 26.7 Å². The lowest BCUT2D eigenvalue weighted by atomic mass is 10.5. The first-order chi connectivity index (χ1) is 5.18. The van der Waals surface area contributed by atoms with Crippen molar-refractivity contribution in [3.05, 3.63) is 0 Å².